The van der Waals surface area contributed by atoms with Crippen LogP contribution < -0.4 is 91.6 Å². The second kappa shape index (κ2) is 51.8. The Bertz CT molecular complexity index is 3780. The number of unbranched alkanes of at least 4 members (excludes halogenated alkanes) is 6. The molecule has 2 aliphatic heterocycles. The molecule has 0 spiro atoms. The molecule has 4 aromatic carbocycles. The predicted molar refractivity (Wildman–Crippen MR) is 439 cm³/mol. The molecule has 2 saturated heterocycles. The Balaban J connectivity index is 0.945. The van der Waals surface area contributed by atoms with Crippen molar-refractivity contribution in [3.63, 3.8) is 0 Å². The zero-order valence-corrected chi connectivity index (χ0v) is 66.5. The summed E-state index contributed by atoms with van der Waals surface area (Å²) in [6.45, 7) is 1.28. The molecule has 620 valence electrons. The fraction of sp³-hybridized carbons (Fsp3) is 0.512. The molecule has 22 N–H and O–H groups in total. The number of primary amides is 1. The fourth-order valence-electron chi connectivity index (χ4n) is 13.1. The van der Waals surface area contributed by atoms with Gasteiger partial charge < -0.3 is 91.6 Å². The summed E-state index contributed by atoms with van der Waals surface area (Å²) in [5.41, 5.74) is 19.6. The normalized spacial score (nSPS) is 15.8. The Kier molecular flexibility index (Phi) is 41.8. The minimum atomic E-state index is -1.27. The molecule has 0 bridgehead atoms. The van der Waals surface area contributed by atoms with Crippen LogP contribution in [-0.4, -0.2) is 199 Å². The van der Waals surface area contributed by atoms with Gasteiger partial charge in [0.25, 0.3) is 0 Å². The summed E-state index contributed by atoms with van der Waals surface area (Å²) in [6, 6.07) is 25.5. The minimum absolute atomic E-state index is 0.00423. The van der Waals surface area contributed by atoms with Crippen LogP contribution >= 0.6 is 23.5 Å². The second-order valence-electron chi connectivity index (χ2n) is 28.4. The number of ketones is 1. The van der Waals surface area contributed by atoms with Crippen LogP contribution in [-0.2, 0) is 72.0 Å². The molecule has 2 heterocycles. The molecule has 13 amide bonds. The molecule has 0 aliphatic carbocycles. The van der Waals surface area contributed by atoms with Gasteiger partial charge in [0.05, 0.1) is 12.1 Å². The molecule has 2 aliphatic rings. The lowest BCUT2D eigenvalue weighted by Crippen LogP contribution is -2.59. The van der Waals surface area contributed by atoms with Crippen molar-refractivity contribution in [3.8, 4) is 0 Å². The van der Waals surface area contributed by atoms with Gasteiger partial charge in [-0.2, -0.15) is 23.5 Å². The average molecular weight is 1620 g/mol. The van der Waals surface area contributed by atoms with E-state index in [1.165, 1.54) is 11.8 Å². The molecular weight excluding hydrogens is 1500 g/mol. The third-order valence-corrected chi connectivity index (χ3v) is 21.5. The number of carbonyl (C=O) groups excluding carboxylic acids is 13. The Morgan fingerprint density at radius 1 is 0.447 bits per heavy atom. The maximum Gasteiger partial charge on any atom is 0.315 e. The van der Waals surface area contributed by atoms with E-state index >= 15 is 0 Å². The maximum absolute atomic E-state index is 14.7. The fourth-order valence-corrected chi connectivity index (χ4v) is 15.1. The van der Waals surface area contributed by atoms with Crippen molar-refractivity contribution in [1.82, 2.24) is 74.4 Å². The molecule has 114 heavy (non-hydrogen) atoms. The number of carbonyl (C=O) groups is 13. The summed E-state index contributed by atoms with van der Waals surface area (Å²) >= 11 is 3.30. The van der Waals surface area contributed by atoms with Crippen LogP contribution in [0, 0.1) is 10.8 Å². The van der Waals surface area contributed by atoms with E-state index in [1.54, 1.807) is 72.8 Å². The molecule has 0 saturated carbocycles. The lowest BCUT2D eigenvalue weighted by Gasteiger charge is -2.27. The van der Waals surface area contributed by atoms with Gasteiger partial charge in [-0.1, -0.05) is 135 Å². The number of amides is 13. The van der Waals surface area contributed by atoms with Crippen LogP contribution in [0.2, 0.25) is 0 Å². The van der Waals surface area contributed by atoms with Gasteiger partial charge in [0.2, 0.25) is 65.5 Å². The van der Waals surface area contributed by atoms with E-state index < -0.39 is 89.6 Å². The summed E-state index contributed by atoms with van der Waals surface area (Å²) < 4.78 is 0. The van der Waals surface area contributed by atoms with E-state index in [0.29, 0.717) is 117 Å². The lowest BCUT2D eigenvalue weighted by molar-refractivity contribution is -0.134. The zero-order chi connectivity index (χ0) is 82.4. The molecule has 0 aromatic heterocycles. The quantitative estimate of drug-likeness (QED) is 0.00751. The Morgan fingerprint density at radius 3 is 1.39 bits per heavy atom. The Hall–Kier alpha value is -10.8. The van der Waals surface area contributed by atoms with E-state index in [4.69, 9.17) is 28.0 Å². The van der Waals surface area contributed by atoms with Crippen LogP contribution in [0.3, 0.4) is 0 Å². The van der Waals surface area contributed by atoms with Crippen LogP contribution in [0.25, 0.3) is 0 Å². The van der Waals surface area contributed by atoms with Crippen molar-refractivity contribution in [2.45, 2.75) is 207 Å². The number of rotatable bonds is 56. The first-order valence-electron chi connectivity index (χ1n) is 39.2. The number of nitrogens with one attached hydrogen (secondary N) is 16. The monoisotopic (exact) mass is 1610 g/mol. The molecule has 2 fully saturated rings. The van der Waals surface area contributed by atoms with E-state index in [0.717, 1.165) is 24.2 Å². The Labute approximate surface area is 674 Å². The number of nitrogens with two attached hydrogens (primary N) is 3. The van der Waals surface area contributed by atoms with Gasteiger partial charge in [-0.3, -0.25) is 68.4 Å². The third kappa shape index (κ3) is 35.1. The lowest BCUT2D eigenvalue weighted by atomic mass is 9.98. The van der Waals surface area contributed by atoms with Crippen molar-refractivity contribution < 1.29 is 62.3 Å². The largest absolute Gasteiger partial charge is 0.370 e. The van der Waals surface area contributed by atoms with Gasteiger partial charge in [-0.05, 0) is 119 Å². The molecule has 0 radical (unpaired) electrons. The van der Waals surface area contributed by atoms with Crippen molar-refractivity contribution in [2.24, 2.45) is 17.2 Å². The van der Waals surface area contributed by atoms with Gasteiger partial charge in [-0.25, -0.2) is 4.79 Å². The highest BCUT2D eigenvalue weighted by Crippen LogP contribution is 2.33. The highest BCUT2D eigenvalue weighted by Gasteiger charge is 2.43. The average Bonchev–Trinajstić information content (AvgIpc) is 1.68. The number of guanidine groups is 2. The standard InChI is InChI=1S/C80H115N19O13S2/c1-113-46-40-58(91-51-100)73(107)96-63(49-54-36-38-56(39-37-54)70(104)55-27-11-4-12-28-55)77(111)97-62(48-53-25-9-3-10-26-53)76(110)95-61(47-52-23-7-2-8-24-52)72(106)88-43-19-5-13-33-66(101)86-41-18-6-14-35-68(103)92-59(30-21-44-89-78(82)83)74(108)94-60(31-22-45-90-79(84)85)75(109)93-57(71(81)105)29-17-20-42-87-67(102)34-16-15-32-65-69-64(50-114-65)98-80(112)99-69/h2-4,7-12,23-28,36-39,51,57-65,69H,5-6,13-22,29-35,40-50H2,1H3,(H2,81,105)(H,86,101)(H,87,102)(H,88,106)(H,91,100)(H,92,103)(H,93,109)(H,94,108)(H,95,110)(H,96,107)(H,97,111)(H4,82,83,89)(H4,84,85,90)(H2,98,99,112)/t57-,58-,59-,60-,61-,62-,63-,64-,65-,69-/m0/s1. The summed E-state index contributed by atoms with van der Waals surface area (Å²) in [7, 11) is 0. The first-order chi connectivity index (χ1) is 55.0. The van der Waals surface area contributed by atoms with Gasteiger partial charge in [0, 0.05) is 93.4 Å². The molecule has 6 rings (SSSR count). The highest BCUT2D eigenvalue weighted by atomic mass is 32.2. The van der Waals surface area contributed by atoms with E-state index in [9.17, 15) is 62.3 Å². The van der Waals surface area contributed by atoms with Crippen LogP contribution in [0.15, 0.2) is 115 Å². The number of benzene rings is 4. The molecule has 0 unspecified atom stereocenters. The molecular formula is C80H115N19O13S2. The SMILES string of the molecule is CSCC[C@H](NC=O)C(=O)N[C@@H](Cc1ccc(C(=O)c2ccccc2)cc1)C(=O)N[C@@H](Cc1ccccc1)C(=O)N[C@@H](Cc1ccccc1)C(=O)NCCCCCC(=O)NCCCCCC(=O)N[C@@H](CCCNC(=N)N)C(=O)N[C@@H](CCCNC(=N)N)C(=O)N[C@@H](CCCCNC(=O)CCCC[C@@H]1SC[C@@H]2NC(=O)N[C@@H]21)C(N)=O. The van der Waals surface area contributed by atoms with Crippen LogP contribution in [0.1, 0.15) is 161 Å². The number of fused-ring (bicyclic) bond motifs is 1. The van der Waals surface area contributed by atoms with E-state index in [2.05, 4.69) is 74.4 Å². The van der Waals surface area contributed by atoms with Gasteiger partial charge in [0.15, 0.2) is 17.7 Å². The first kappa shape index (κ1) is 92.1. The molecule has 10 atom stereocenters. The van der Waals surface area contributed by atoms with E-state index in [1.807, 2.05) is 60.5 Å². The van der Waals surface area contributed by atoms with Gasteiger partial charge in [0.1, 0.15) is 42.3 Å². The van der Waals surface area contributed by atoms with Crippen molar-refractivity contribution in [2.75, 3.05) is 50.5 Å². The zero-order valence-electron chi connectivity index (χ0n) is 64.9. The van der Waals surface area contributed by atoms with Crippen LogP contribution in [0.4, 0.5) is 4.79 Å². The molecule has 4 aromatic rings. The van der Waals surface area contributed by atoms with Gasteiger partial charge in [-0.15, -0.1) is 0 Å². The summed E-state index contributed by atoms with van der Waals surface area (Å²) in [6.07, 6.45) is 10.4. The topological polar surface area (TPSA) is 516 Å². The van der Waals surface area contributed by atoms with Crippen molar-refractivity contribution in [3.05, 3.63) is 143 Å². The third-order valence-electron chi connectivity index (χ3n) is 19.4. The predicted octanol–water partition coefficient (Wildman–Crippen LogP) is 2.10. The highest BCUT2D eigenvalue weighted by molar-refractivity contribution is 8.00. The molecule has 32 nitrogen and oxygen atoms in total. The second-order valence-corrected chi connectivity index (χ2v) is 30.6. The van der Waals surface area contributed by atoms with E-state index in [-0.39, 0.29) is 138 Å². The summed E-state index contributed by atoms with van der Waals surface area (Å²) in [5.74, 6) is -4.80. The number of hydrogen-bond acceptors (Lipinski definition) is 17. The summed E-state index contributed by atoms with van der Waals surface area (Å²) in [5, 5.41) is 54.7. The maximum atomic E-state index is 14.7. The Morgan fingerprint density at radius 2 is 0.868 bits per heavy atom. The van der Waals surface area contributed by atoms with Crippen LogP contribution in [0.5, 0.6) is 0 Å². The number of urea groups is 1. The smallest absolute Gasteiger partial charge is 0.315 e. The van der Waals surface area contributed by atoms with Crippen molar-refractivity contribution >= 4 is 113 Å². The summed E-state index contributed by atoms with van der Waals surface area (Å²) in [4.78, 5) is 174. The first-order valence-corrected chi connectivity index (χ1v) is 41.7. The number of hydrogen-bond donors (Lipinski definition) is 19. The van der Waals surface area contributed by atoms with Gasteiger partial charge >= 0.3 is 6.03 Å². The van der Waals surface area contributed by atoms with Crippen molar-refractivity contribution in [1.29, 1.82) is 10.8 Å². The number of thioether (sulfide) groups is 2. The minimum Gasteiger partial charge on any atom is -0.370 e. The molecule has 34 heteroatoms.